The Balaban J connectivity index is 0.00000320. The average molecular weight is 522 g/mol. The van der Waals surface area contributed by atoms with Crippen molar-refractivity contribution in [2.45, 2.75) is 53.5 Å². The van der Waals surface area contributed by atoms with Gasteiger partial charge in [-0.15, -0.1) is 24.0 Å². The molecule has 1 aromatic carbocycles. The Labute approximate surface area is 197 Å². The summed E-state index contributed by atoms with van der Waals surface area (Å²) >= 11 is 0. The molecule has 0 fully saturated rings. The smallest absolute Gasteiger partial charge is 0.191 e. The van der Waals surface area contributed by atoms with Crippen molar-refractivity contribution in [1.29, 1.82) is 0 Å². The molecule has 0 radical (unpaired) electrons. The molecular weight excluding hydrogens is 487 g/mol. The van der Waals surface area contributed by atoms with E-state index in [0.29, 0.717) is 6.54 Å². The summed E-state index contributed by atoms with van der Waals surface area (Å²) < 4.78 is 2.00. The van der Waals surface area contributed by atoms with Gasteiger partial charge in [-0.1, -0.05) is 26.0 Å². The molecule has 0 saturated heterocycles. The van der Waals surface area contributed by atoms with E-state index in [1.165, 1.54) is 33.3 Å². The molecule has 0 spiro atoms. The normalized spacial score (nSPS) is 11.6. The second-order valence-corrected chi connectivity index (χ2v) is 7.39. The summed E-state index contributed by atoms with van der Waals surface area (Å²) in [6.45, 7) is 10.9. The second kappa shape index (κ2) is 11.4. The van der Waals surface area contributed by atoms with E-state index < -0.39 is 0 Å². The fourth-order valence-electron chi connectivity index (χ4n) is 4.04. The number of H-pyrrole nitrogens is 1. The monoisotopic (exact) mass is 522 g/mol. The van der Waals surface area contributed by atoms with E-state index >= 15 is 0 Å². The van der Waals surface area contributed by atoms with Gasteiger partial charge in [0.05, 0.1) is 12.2 Å². The van der Waals surface area contributed by atoms with Crippen LogP contribution in [0.4, 0.5) is 0 Å². The van der Waals surface area contributed by atoms with E-state index in [-0.39, 0.29) is 24.0 Å². The molecule has 0 bridgehead atoms. The van der Waals surface area contributed by atoms with Crippen LogP contribution < -0.4 is 10.6 Å². The van der Waals surface area contributed by atoms with Crippen molar-refractivity contribution in [3.05, 3.63) is 52.5 Å². The quantitative estimate of drug-likeness (QED) is 0.235. The number of nitrogens with one attached hydrogen (secondary N) is 3. The molecule has 164 valence electrons. The Morgan fingerprint density at radius 2 is 1.97 bits per heavy atom. The van der Waals surface area contributed by atoms with E-state index in [1.54, 1.807) is 0 Å². The SMILES string of the molecule is CCNC(=NCc1c(CC)nn(C)c1CC)NCCc1c[nH]c2cccc(C)c12.I. The van der Waals surface area contributed by atoms with Crippen LogP contribution in [0.2, 0.25) is 0 Å². The number of fused-ring (bicyclic) bond motifs is 1. The number of halogens is 1. The molecule has 0 aliphatic carbocycles. The second-order valence-electron chi connectivity index (χ2n) is 7.39. The lowest BCUT2D eigenvalue weighted by atomic mass is 10.1. The van der Waals surface area contributed by atoms with Crippen molar-refractivity contribution >= 4 is 40.8 Å². The minimum Gasteiger partial charge on any atom is -0.361 e. The summed E-state index contributed by atoms with van der Waals surface area (Å²) in [5.41, 5.74) is 7.55. The maximum Gasteiger partial charge on any atom is 0.191 e. The summed E-state index contributed by atoms with van der Waals surface area (Å²) in [5, 5.41) is 12.9. The number of guanidine groups is 1. The Morgan fingerprint density at radius 3 is 2.67 bits per heavy atom. The zero-order valence-electron chi connectivity index (χ0n) is 18.8. The molecule has 0 atom stereocenters. The number of hydrogen-bond donors (Lipinski definition) is 3. The summed E-state index contributed by atoms with van der Waals surface area (Å²) in [6, 6.07) is 6.40. The molecule has 2 heterocycles. The first-order valence-corrected chi connectivity index (χ1v) is 10.7. The fraction of sp³-hybridized carbons (Fsp3) is 0.478. The van der Waals surface area contributed by atoms with Crippen LogP contribution in [-0.2, 0) is 32.9 Å². The van der Waals surface area contributed by atoms with Crippen LogP contribution in [0.1, 0.15) is 48.8 Å². The maximum absolute atomic E-state index is 4.85. The molecule has 30 heavy (non-hydrogen) atoms. The van der Waals surface area contributed by atoms with E-state index in [2.05, 4.69) is 72.8 Å². The number of aliphatic imine (C=N–C) groups is 1. The molecule has 0 aliphatic heterocycles. The van der Waals surface area contributed by atoms with Gasteiger partial charge < -0.3 is 15.6 Å². The Morgan fingerprint density at radius 1 is 1.17 bits per heavy atom. The van der Waals surface area contributed by atoms with Crippen LogP contribution in [0.25, 0.3) is 10.9 Å². The van der Waals surface area contributed by atoms with Crippen molar-refractivity contribution in [2.24, 2.45) is 12.0 Å². The molecule has 0 aliphatic rings. The number of aromatic nitrogens is 3. The van der Waals surface area contributed by atoms with Crippen LogP contribution >= 0.6 is 24.0 Å². The largest absolute Gasteiger partial charge is 0.361 e. The minimum atomic E-state index is 0. The summed E-state index contributed by atoms with van der Waals surface area (Å²) in [6.07, 6.45) is 4.98. The molecule has 3 N–H and O–H groups in total. The van der Waals surface area contributed by atoms with E-state index in [9.17, 15) is 0 Å². The lowest BCUT2D eigenvalue weighted by Crippen LogP contribution is -2.38. The van der Waals surface area contributed by atoms with Gasteiger partial charge in [0.2, 0.25) is 0 Å². The zero-order valence-corrected chi connectivity index (χ0v) is 21.1. The first kappa shape index (κ1) is 24.2. The Bertz CT molecular complexity index is 985. The van der Waals surface area contributed by atoms with Crippen molar-refractivity contribution in [3.8, 4) is 0 Å². The number of hydrogen-bond acceptors (Lipinski definition) is 2. The van der Waals surface area contributed by atoms with E-state index in [0.717, 1.165) is 44.0 Å². The molecule has 0 saturated carbocycles. The molecule has 0 unspecified atom stereocenters. The Hall–Kier alpha value is -2.03. The molecule has 2 aromatic heterocycles. The first-order chi connectivity index (χ1) is 14.1. The van der Waals surface area contributed by atoms with Gasteiger partial charge in [-0.05, 0) is 50.3 Å². The predicted octanol–water partition coefficient (Wildman–Crippen LogP) is 4.25. The highest BCUT2D eigenvalue weighted by Crippen LogP contribution is 2.22. The standard InChI is InChI=1S/C23H34N6.HI/c1-6-19-18(21(7-2)29(5)28-19)15-27-23(24-8-3)25-13-12-17-14-26-20-11-9-10-16(4)22(17)20;/h9-11,14,26H,6-8,12-13,15H2,1-5H3,(H2,24,25,27);1H. The number of nitrogens with zero attached hydrogens (tertiary/aromatic N) is 3. The third-order valence-corrected chi connectivity index (χ3v) is 5.45. The van der Waals surface area contributed by atoms with Crippen LogP contribution in [-0.4, -0.2) is 33.8 Å². The van der Waals surface area contributed by atoms with Gasteiger partial charge in [0.15, 0.2) is 5.96 Å². The van der Waals surface area contributed by atoms with Gasteiger partial charge in [0.25, 0.3) is 0 Å². The van der Waals surface area contributed by atoms with Gasteiger partial charge in [-0.2, -0.15) is 5.10 Å². The maximum atomic E-state index is 4.85. The van der Waals surface area contributed by atoms with Crippen molar-refractivity contribution in [3.63, 3.8) is 0 Å². The number of rotatable bonds is 8. The molecular formula is C23H35IN6. The Kier molecular flexibility index (Phi) is 9.20. The molecule has 0 amide bonds. The number of aryl methyl sites for hydroxylation is 3. The predicted molar refractivity (Wildman–Crippen MR) is 137 cm³/mol. The van der Waals surface area contributed by atoms with Gasteiger partial charge in [0, 0.05) is 48.5 Å². The lowest BCUT2D eigenvalue weighted by molar-refractivity contribution is 0.703. The molecule has 7 heteroatoms. The van der Waals surface area contributed by atoms with Crippen LogP contribution in [0.3, 0.4) is 0 Å². The average Bonchev–Trinajstić information content (AvgIpc) is 3.27. The molecule has 6 nitrogen and oxygen atoms in total. The highest BCUT2D eigenvalue weighted by atomic mass is 127. The molecule has 3 aromatic rings. The third-order valence-electron chi connectivity index (χ3n) is 5.45. The zero-order chi connectivity index (χ0) is 20.8. The third kappa shape index (κ3) is 5.36. The van der Waals surface area contributed by atoms with Crippen molar-refractivity contribution in [1.82, 2.24) is 25.4 Å². The van der Waals surface area contributed by atoms with Crippen LogP contribution in [0.15, 0.2) is 29.4 Å². The number of aromatic amines is 1. The summed E-state index contributed by atoms with van der Waals surface area (Å²) in [5.74, 6) is 0.858. The topological polar surface area (TPSA) is 70.0 Å². The van der Waals surface area contributed by atoms with E-state index in [4.69, 9.17) is 4.99 Å². The molecule has 3 rings (SSSR count). The van der Waals surface area contributed by atoms with Gasteiger partial charge in [0.1, 0.15) is 0 Å². The first-order valence-electron chi connectivity index (χ1n) is 10.7. The van der Waals surface area contributed by atoms with Crippen LogP contribution in [0.5, 0.6) is 0 Å². The van der Waals surface area contributed by atoms with E-state index in [1.807, 2.05) is 11.7 Å². The lowest BCUT2D eigenvalue weighted by Gasteiger charge is -2.12. The minimum absolute atomic E-state index is 0. The summed E-state index contributed by atoms with van der Waals surface area (Å²) in [4.78, 5) is 8.23. The van der Waals surface area contributed by atoms with Crippen molar-refractivity contribution < 1.29 is 0 Å². The van der Waals surface area contributed by atoms with Gasteiger partial charge >= 0.3 is 0 Å². The highest BCUT2D eigenvalue weighted by Gasteiger charge is 2.13. The number of benzene rings is 1. The van der Waals surface area contributed by atoms with Gasteiger partial charge in [-0.25, -0.2) is 4.99 Å². The summed E-state index contributed by atoms with van der Waals surface area (Å²) in [7, 11) is 2.03. The van der Waals surface area contributed by atoms with Crippen molar-refractivity contribution in [2.75, 3.05) is 13.1 Å². The highest BCUT2D eigenvalue weighted by molar-refractivity contribution is 14.0. The van der Waals surface area contributed by atoms with Crippen LogP contribution in [0, 0.1) is 6.92 Å². The van der Waals surface area contributed by atoms with Gasteiger partial charge in [-0.3, -0.25) is 4.68 Å². The fourth-order valence-corrected chi connectivity index (χ4v) is 4.04.